The van der Waals surface area contributed by atoms with Crippen LogP contribution >= 0.6 is 15.9 Å². The molecule has 4 nitrogen and oxygen atoms in total. The van der Waals surface area contributed by atoms with Gasteiger partial charge in [0.25, 0.3) is 5.69 Å². The molecule has 5 heteroatoms. The zero-order valence-electron chi connectivity index (χ0n) is 8.37. The Kier molecular flexibility index (Phi) is 2.78. The van der Waals surface area contributed by atoms with Crippen LogP contribution in [0.3, 0.4) is 0 Å². The number of aromatic nitrogens is 1. The molecule has 82 valence electrons. The van der Waals surface area contributed by atoms with Crippen LogP contribution in [0, 0.1) is 10.1 Å². The molecule has 0 bridgehead atoms. The lowest BCUT2D eigenvalue weighted by Gasteiger charge is -1.98. The Hall–Kier alpha value is -1.62. The van der Waals surface area contributed by atoms with E-state index in [4.69, 9.17) is 0 Å². The first-order valence-electron chi connectivity index (χ1n) is 4.68. The maximum absolute atomic E-state index is 11.0. The molecule has 0 unspecified atom stereocenters. The fourth-order valence-electron chi connectivity index (χ4n) is 1.74. The number of nitro benzene ring substituents is 1. The van der Waals surface area contributed by atoms with Crippen molar-refractivity contribution in [2.75, 3.05) is 0 Å². The van der Waals surface area contributed by atoms with Gasteiger partial charge in [0.15, 0.2) is 0 Å². The third-order valence-corrected chi connectivity index (χ3v) is 2.82. The van der Waals surface area contributed by atoms with Crippen LogP contribution < -0.4 is 0 Å². The molecule has 2 aromatic rings. The molecule has 0 fully saturated rings. The number of H-pyrrole nitrogens is 1. The van der Waals surface area contributed by atoms with Crippen LogP contribution in [0.1, 0.15) is 5.56 Å². The van der Waals surface area contributed by atoms with E-state index < -0.39 is 0 Å². The second-order valence-electron chi connectivity index (χ2n) is 3.41. The average molecular weight is 281 g/mol. The summed E-state index contributed by atoms with van der Waals surface area (Å²) in [4.78, 5) is 13.6. The topological polar surface area (TPSA) is 58.9 Å². The Morgan fingerprint density at radius 3 is 2.94 bits per heavy atom. The van der Waals surface area contributed by atoms with E-state index in [9.17, 15) is 10.1 Å². The third-order valence-electron chi connectivity index (χ3n) is 2.37. The number of nitrogens with one attached hydrogen (secondary N) is 1. The van der Waals surface area contributed by atoms with E-state index in [1.165, 1.54) is 6.07 Å². The first-order valence-corrected chi connectivity index (χ1v) is 5.47. The van der Waals surface area contributed by atoms with Gasteiger partial charge in [0.05, 0.1) is 15.8 Å². The highest BCUT2D eigenvalue weighted by Crippen LogP contribution is 2.32. The molecule has 0 aliphatic carbocycles. The number of fused-ring (bicyclic) bond motifs is 1. The summed E-state index contributed by atoms with van der Waals surface area (Å²) in [5, 5.41) is 11.6. The van der Waals surface area contributed by atoms with Crippen LogP contribution in [0.25, 0.3) is 10.9 Å². The molecule has 1 aromatic heterocycles. The summed E-state index contributed by atoms with van der Waals surface area (Å²) in [6.45, 7) is 3.64. The molecule has 2 rings (SSSR count). The predicted octanol–water partition coefficient (Wildman–Crippen LogP) is 3.57. The van der Waals surface area contributed by atoms with Crippen molar-refractivity contribution in [1.82, 2.24) is 4.98 Å². The van der Waals surface area contributed by atoms with Gasteiger partial charge < -0.3 is 4.98 Å². The van der Waals surface area contributed by atoms with Crippen molar-refractivity contribution in [3.8, 4) is 0 Å². The number of halogens is 1. The SMILES string of the molecule is C=CCc1c[nH]c2cc(Br)cc([N+](=O)[O-])c12. The summed E-state index contributed by atoms with van der Waals surface area (Å²) >= 11 is 3.26. The molecule has 1 heterocycles. The second kappa shape index (κ2) is 4.09. The Morgan fingerprint density at radius 1 is 1.56 bits per heavy atom. The highest BCUT2D eigenvalue weighted by molar-refractivity contribution is 9.10. The molecule has 0 radical (unpaired) electrons. The van der Waals surface area contributed by atoms with Crippen LogP contribution in [0.4, 0.5) is 5.69 Å². The van der Waals surface area contributed by atoms with E-state index >= 15 is 0 Å². The zero-order valence-corrected chi connectivity index (χ0v) is 9.95. The number of nitro groups is 1. The Balaban J connectivity index is 2.78. The van der Waals surface area contributed by atoms with Crippen LogP contribution in [0.5, 0.6) is 0 Å². The first kappa shape index (κ1) is 10.9. The summed E-state index contributed by atoms with van der Waals surface area (Å²) in [5.74, 6) is 0. The molecule has 1 aromatic carbocycles. The molecule has 0 saturated carbocycles. The second-order valence-corrected chi connectivity index (χ2v) is 4.33. The number of aromatic amines is 1. The lowest BCUT2D eigenvalue weighted by molar-refractivity contribution is -0.383. The van der Waals surface area contributed by atoms with Gasteiger partial charge in [-0.05, 0) is 18.1 Å². The summed E-state index contributed by atoms with van der Waals surface area (Å²) < 4.78 is 0.693. The smallest absolute Gasteiger partial charge is 0.280 e. The minimum atomic E-state index is -0.368. The molecule has 16 heavy (non-hydrogen) atoms. The molecule has 0 aliphatic rings. The minimum Gasteiger partial charge on any atom is -0.361 e. The van der Waals surface area contributed by atoms with Crippen LogP contribution in [0.2, 0.25) is 0 Å². The Bertz CT molecular complexity index is 575. The maximum atomic E-state index is 11.0. The number of hydrogen-bond donors (Lipinski definition) is 1. The van der Waals surface area contributed by atoms with Crippen LogP contribution in [-0.4, -0.2) is 9.91 Å². The third kappa shape index (κ3) is 1.74. The van der Waals surface area contributed by atoms with Gasteiger partial charge >= 0.3 is 0 Å². The lowest BCUT2D eigenvalue weighted by Crippen LogP contribution is -1.90. The standard InChI is InChI=1S/C11H9BrN2O2/c1-2-3-7-6-13-9-4-8(12)5-10(11(7)9)14(15)16/h2,4-6,13H,1,3H2. The highest BCUT2D eigenvalue weighted by atomic mass is 79.9. The number of rotatable bonds is 3. The molecular weight excluding hydrogens is 272 g/mol. The van der Waals surface area contributed by atoms with Gasteiger partial charge in [0.1, 0.15) is 0 Å². The van der Waals surface area contributed by atoms with E-state index in [2.05, 4.69) is 27.5 Å². The van der Waals surface area contributed by atoms with E-state index in [0.717, 1.165) is 11.1 Å². The molecule has 0 amide bonds. The van der Waals surface area contributed by atoms with Gasteiger partial charge in [-0.15, -0.1) is 6.58 Å². The van der Waals surface area contributed by atoms with Gasteiger partial charge in [-0.3, -0.25) is 10.1 Å². The van der Waals surface area contributed by atoms with Crippen molar-refractivity contribution >= 4 is 32.5 Å². The summed E-state index contributed by atoms with van der Waals surface area (Å²) in [6, 6.07) is 3.34. The lowest BCUT2D eigenvalue weighted by atomic mass is 10.1. The normalized spacial score (nSPS) is 10.6. The molecule has 0 atom stereocenters. The highest BCUT2D eigenvalue weighted by Gasteiger charge is 2.17. The average Bonchev–Trinajstić information content (AvgIpc) is 2.60. The van der Waals surface area contributed by atoms with Crippen LogP contribution in [0.15, 0.2) is 35.5 Å². The molecule has 1 N–H and O–H groups in total. The first-order chi connectivity index (χ1) is 7.63. The Morgan fingerprint density at radius 2 is 2.31 bits per heavy atom. The predicted molar refractivity (Wildman–Crippen MR) is 66.6 cm³/mol. The van der Waals surface area contributed by atoms with Gasteiger partial charge in [0.2, 0.25) is 0 Å². The fourth-order valence-corrected chi connectivity index (χ4v) is 2.19. The summed E-state index contributed by atoms with van der Waals surface area (Å²) in [6.07, 6.45) is 4.13. The minimum absolute atomic E-state index is 0.113. The maximum Gasteiger partial charge on any atom is 0.280 e. The van der Waals surface area contributed by atoms with Gasteiger partial charge in [0, 0.05) is 16.7 Å². The number of nitrogens with zero attached hydrogens (tertiary/aromatic N) is 1. The number of non-ortho nitro benzene ring substituents is 1. The van der Waals surface area contributed by atoms with Crippen molar-refractivity contribution in [2.24, 2.45) is 0 Å². The van der Waals surface area contributed by atoms with Crippen molar-refractivity contribution in [1.29, 1.82) is 0 Å². The number of hydrogen-bond acceptors (Lipinski definition) is 2. The number of allylic oxidation sites excluding steroid dienone is 1. The van der Waals surface area contributed by atoms with Crippen molar-refractivity contribution in [2.45, 2.75) is 6.42 Å². The van der Waals surface area contributed by atoms with Crippen molar-refractivity contribution in [3.05, 3.63) is 51.1 Å². The summed E-state index contributed by atoms with van der Waals surface area (Å²) in [5.41, 5.74) is 1.77. The van der Waals surface area contributed by atoms with Crippen LogP contribution in [-0.2, 0) is 6.42 Å². The molecule has 0 aliphatic heterocycles. The zero-order chi connectivity index (χ0) is 11.7. The van der Waals surface area contributed by atoms with Gasteiger partial charge in [-0.1, -0.05) is 22.0 Å². The largest absolute Gasteiger partial charge is 0.361 e. The Labute approximate surface area is 100 Å². The quantitative estimate of drug-likeness (QED) is 0.531. The summed E-state index contributed by atoms with van der Waals surface area (Å²) in [7, 11) is 0. The van der Waals surface area contributed by atoms with Crippen molar-refractivity contribution < 1.29 is 4.92 Å². The molecule has 0 saturated heterocycles. The molecular formula is C11H9BrN2O2. The van der Waals surface area contributed by atoms with E-state index in [1.807, 2.05) is 6.07 Å². The molecule has 0 spiro atoms. The van der Waals surface area contributed by atoms with E-state index in [0.29, 0.717) is 16.3 Å². The number of benzene rings is 1. The monoisotopic (exact) mass is 280 g/mol. The van der Waals surface area contributed by atoms with Crippen molar-refractivity contribution in [3.63, 3.8) is 0 Å². The van der Waals surface area contributed by atoms with Gasteiger partial charge in [-0.2, -0.15) is 0 Å². The van der Waals surface area contributed by atoms with E-state index in [1.54, 1.807) is 12.3 Å². The fraction of sp³-hybridized carbons (Fsp3) is 0.0909. The van der Waals surface area contributed by atoms with Gasteiger partial charge in [-0.25, -0.2) is 0 Å². The van der Waals surface area contributed by atoms with E-state index in [-0.39, 0.29) is 10.6 Å².